The van der Waals surface area contributed by atoms with E-state index in [2.05, 4.69) is 15.7 Å². The summed E-state index contributed by atoms with van der Waals surface area (Å²) in [6.07, 6.45) is 0.588. The fourth-order valence-electron chi connectivity index (χ4n) is 4.12. The predicted molar refractivity (Wildman–Crippen MR) is 130 cm³/mol. The van der Waals surface area contributed by atoms with Gasteiger partial charge in [-0.3, -0.25) is 19.1 Å². The first-order valence-electron chi connectivity index (χ1n) is 11.4. The monoisotopic (exact) mass is 475 g/mol. The molecule has 35 heavy (non-hydrogen) atoms. The second kappa shape index (κ2) is 10.0. The van der Waals surface area contributed by atoms with Crippen LogP contribution < -0.4 is 15.4 Å². The van der Waals surface area contributed by atoms with Crippen LogP contribution in [0.2, 0.25) is 0 Å². The average molecular weight is 476 g/mol. The Morgan fingerprint density at radius 3 is 2.54 bits per heavy atom. The van der Waals surface area contributed by atoms with Crippen LogP contribution in [0, 0.1) is 0 Å². The van der Waals surface area contributed by atoms with Gasteiger partial charge in [-0.05, 0) is 30.5 Å². The Hall–Kier alpha value is -4.14. The highest BCUT2D eigenvalue weighted by Crippen LogP contribution is 2.26. The van der Waals surface area contributed by atoms with Gasteiger partial charge in [0.1, 0.15) is 17.0 Å². The summed E-state index contributed by atoms with van der Waals surface area (Å²) < 4.78 is 6.79. The average Bonchev–Trinajstić information content (AvgIpc) is 3.30. The summed E-state index contributed by atoms with van der Waals surface area (Å²) in [7, 11) is 3.20. The number of hydrogen-bond donors (Lipinski definition) is 2. The maximum absolute atomic E-state index is 13.1. The molecule has 0 fully saturated rings. The predicted octanol–water partition coefficient (Wildman–Crippen LogP) is 2.02. The molecule has 0 bridgehead atoms. The van der Waals surface area contributed by atoms with Crippen molar-refractivity contribution in [3.8, 4) is 5.75 Å². The third-order valence-corrected chi connectivity index (χ3v) is 6.39. The topological polar surface area (TPSA) is 106 Å². The van der Waals surface area contributed by atoms with E-state index in [1.165, 1.54) is 15.6 Å². The summed E-state index contributed by atoms with van der Waals surface area (Å²) in [5.41, 5.74) is 1.20. The van der Waals surface area contributed by atoms with Crippen LogP contribution in [0.15, 0.2) is 60.7 Å². The van der Waals surface area contributed by atoms with Crippen LogP contribution in [0.5, 0.6) is 5.75 Å². The molecule has 0 spiro atoms. The van der Waals surface area contributed by atoms with Gasteiger partial charge in [-0.15, -0.1) is 0 Å². The summed E-state index contributed by atoms with van der Waals surface area (Å²) in [6, 6.07) is 18.6. The molecular formula is C26H29N5O4. The number of para-hydroxylation sites is 1. The maximum Gasteiger partial charge on any atom is 0.272 e. The van der Waals surface area contributed by atoms with Crippen LogP contribution in [0.1, 0.15) is 39.0 Å². The quantitative estimate of drug-likeness (QED) is 0.519. The normalized spacial score (nSPS) is 17.0. The number of carbonyl (C=O) groups excluding carboxylic acids is 3. The number of aromatic nitrogens is 2. The van der Waals surface area contributed by atoms with E-state index in [0.717, 1.165) is 16.9 Å². The van der Waals surface area contributed by atoms with E-state index in [-0.39, 0.29) is 35.7 Å². The molecule has 3 amide bonds. The van der Waals surface area contributed by atoms with Gasteiger partial charge in [0.15, 0.2) is 5.69 Å². The molecule has 2 aromatic carbocycles. The number of carbonyl (C=O) groups is 3. The summed E-state index contributed by atoms with van der Waals surface area (Å²) in [5.74, 6) is -0.277. The summed E-state index contributed by atoms with van der Waals surface area (Å²) >= 11 is 0. The molecule has 0 saturated heterocycles. The van der Waals surface area contributed by atoms with Gasteiger partial charge < -0.3 is 20.3 Å². The molecule has 0 saturated carbocycles. The second-order valence-electron chi connectivity index (χ2n) is 8.70. The molecule has 1 unspecified atom stereocenters. The number of amides is 3. The van der Waals surface area contributed by atoms with Crippen molar-refractivity contribution in [2.75, 3.05) is 20.7 Å². The van der Waals surface area contributed by atoms with E-state index in [1.54, 1.807) is 21.1 Å². The van der Waals surface area contributed by atoms with Crippen molar-refractivity contribution in [3.05, 3.63) is 83.2 Å². The standard InChI is InChI=1S/C26H29N5O4/c1-26(25(34)28-16-18-9-5-4-6-10-18)17-31-21(24(33)30(26)2)15-20(29-31)23(32)27-14-13-19-11-7-8-12-22(19)35-3/h4-12,15H,13-14,16-17H2,1-3H3,(H,27,32)(H,28,34). The Kier molecular flexibility index (Phi) is 6.86. The number of hydrogen-bond acceptors (Lipinski definition) is 5. The molecule has 2 N–H and O–H groups in total. The highest BCUT2D eigenvalue weighted by Gasteiger charge is 2.46. The van der Waals surface area contributed by atoms with Crippen LogP contribution in [0.3, 0.4) is 0 Å². The third-order valence-electron chi connectivity index (χ3n) is 6.39. The van der Waals surface area contributed by atoms with Crippen molar-refractivity contribution in [1.82, 2.24) is 25.3 Å². The first kappa shape index (κ1) is 24.0. The molecule has 0 aliphatic carbocycles. The zero-order valence-electron chi connectivity index (χ0n) is 20.1. The number of methoxy groups -OCH3 is 1. The highest BCUT2D eigenvalue weighted by atomic mass is 16.5. The van der Waals surface area contributed by atoms with E-state index in [4.69, 9.17) is 4.74 Å². The van der Waals surface area contributed by atoms with Crippen molar-refractivity contribution in [2.24, 2.45) is 0 Å². The van der Waals surface area contributed by atoms with Crippen LogP contribution >= 0.6 is 0 Å². The molecule has 9 heteroatoms. The van der Waals surface area contributed by atoms with Crippen molar-refractivity contribution < 1.29 is 19.1 Å². The number of nitrogens with zero attached hydrogens (tertiary/aromatic N) is 3. The Bertz CT molecular complexity index is 1240. The number of nitrogens with one attached hydrogen (secondary N) is 2. The summed E-state index contributed by atoms with van der Waals surface area (Å²) in [6.45, 7) is 2.57. The van der Waals surface area contributed by atoms with E-state index < -0.39 is 5.54 Å². The second-order valence-corrected chi connectivity index (χ2v) is 8.70. The van der Waals surface area contributed by atoms with Gasteiger partial charge in [-0.25, -0.2) is 0 Å². The molecule has 1 aliphatic rings. The Morgan fingerprint density at radius 1 is 1.09 bits per heavy atom. The van der Waals surface area contributed by atoms with Crippen molar-refractivity contribution in [1.29, 1.82) is 0 Å². The van der Waals surface area contributed by atoms with Crippen molar-refractivity contribution in [3.63, 3.8) is 0 Å². The van der Waals surface area contributed by atoms with Gasteiger partial charge in [0, 0.05) is 26.2 Å². The molecule has 3 aromatic rings. The first-order chi connectivity index (χ1) is 16.8. The molecule has 2 heterocycles. The van der Waals surface area contributed by atoms with Gasteiger partial charge in [0.05, 0.1) is 13.7 Å². The van der Waals surface area contributed by atoms with Crippen molar-refractivity contribution >= 4 is 17.7 Å². The van der Waals surface area contributed by atoms with Crippen LogP contribution in [-0.4, -0.2) is 58.6 Å². The Morgan fingerprint density at radius 2 is 1.80 bits per heavy atom. The lowest BCUT2D eigenvalue weighted by Crippen LogP contribution is -2.62. The number of likely N-dealkylation sites (N-methyl/N-ethyl adjacent to an activating group) is 1. The summed E-state index contributed by atoms with van der Waals surface area (Å²) in [4.78, 5) is 40.3. The number of fused-ring (bicyclic) bond motifs is 1. The lowest BCUT2D eigenvalue weighted by Gasteiger charge is -2.40. The minimum atomic E-state index is -1.15. The molecule has 1 aromatic heterocycles. The van der Waals surface area contributed by atoms with Crippen LogP contribution in [-0.2, 0) is 24.3 Å². The zero-order valence-corrected chi connectivity index (χ0v) is 20.1. The minimum Gasteiger partial charge on any atom is -0.496 e. The zero-order chi connectivity index (χ0) is 25.0. The molecule has 0 radical (unpaired) electrons. The molecule has 1 aliphatic heterocycles. The molecule has 9 nitrogen and oxygen atoms in total. The van der Waals surface area contributed by atoms with Gasteiger partial charge >= 0.3 is 0 Å². The third kappa shape index (κ3) is 4.89. The fraction of sp³-hybridized carbons (Fsp3) is 0.308. The SMILES string of the molecule is COc1ccccc1CCNC(=O)c1cc2n(n1)CC(C)(C(=O)NCc1ccccc1)N(C)C2=O. The number of ether oxygens (including phenoxy) is 1. The number of rotatable bonds is 8. The minimum absolute atomic E-state index is 0.135. The highest BCUT2D eigenvalue weighted by molar-refractivity contribution is 6.01. The maximum atomic E-state index is 13.1. The molecule has 182 valence electrons. The van der Waals surface area contributed by atoms with Crippen LogP contribution in [0.25, 0.3) is 0 Å². The lowest BCUT2D eigenvalue weighted by molar-refractivity contribution is -0.132. The van der Waals surface area contributed by atoms with E-state index in [9.17, 15) is 14.4 Å². The molecule has 4 rings (SSSR count). The molecular weight excluding hydrogens is 446 g/mol. The van der Waals surface area contributed by atoms with Crippen LogP contribution in [0.4, 0.5) is 0 Å². The van der Waals surface area contributed by atoms with E-state index in [0.29, 0.717) is 19.5 Å². The first-order valence-corrected chi connectivity index (χ1v) is 11.4. The smallest absolute Gasteiger partial charge is 0.272 e. The van der Waals surface area contributed by atoms with Gasteiger partial charge in [0.25, 0.3) is 11.8 Å². The Labute approximate surface area is 204 Å². The lowest BCUT2D eigenvalue weighted by atomic mass is 9.96. The van der Waals surface area contributed by atoms with Gasteiger partial charge in [-0.1, -0.05) is 48.5 Å². The van der Waals surface area contributed by atoms with E-state index in [1.807, 2.05) is 54.6 Å². The largest absolute Gasteiger partial charge is 0.496 e. The Balaban J connectivity index is 1.42. The summed E-state index contributed by atoms with van der Waals surface area (Å²) in [5, 5.41) is 10.1. The van der Waals surface area contributed by atoms with Crippen molar-refractivity contribution in [2.45, 2.75) is 32.0 Å². The van der Waals surface area contributed by atoms with Gasteiger partial charge in [-0.2, -0.15) is 5.10 Å². The fourth-order valence-corrected chi connectivity index (χ4v) is 4.12. The van der Waals surface area contributed by atoms with Gasteiger partial charge in [0.2, 0.25) is 5.91 Å². The molecule has 1 atom stereocenters. The van der Waals surface area contributed by atoms with E-state index >= 15 is 0 Å². The number of benzene rings is 2.